The highest BCUT2D eigenvalue weighted by molar-refractivity contribution is 6.10. The molecule has 1 unspecified atom stereocenters. The average Bonchev–Trinajstić information content (AvgIpc) is 1.38. The van der Waals surface area contributed by atoms with Gasteiger partial charge in [-0.1, -0.05) is 6.92 Å². The zero-order valence-electron chi connectivity index (χ0n) is 3.56. The van der Waals surface area contributed by atoms with Crippen molar-refractivity contribution >= 4 is 16.3 Å². The maximum atomic E-state index is 4.71. The van der Waals surface area contributed by atoms with Gasteiger partial charge in [0.25, 0.3) is 0 Å². The molecule has 1 atom stereocenters. The van der Waals surface area contributed by atoms with Crippen molar-refractivity contribution in [3.63, 3.8) is 0 Å². The summed E-state index contributed by atoms with van der Waals surface area (Å²) in [6.07, 6.45) is 0. The first kappa shape index (κ1) is 5.49. The quantitative estimate of drug-likeness (QED) is 0.413. The molecule has 5 heavy (non-hydrogen) atoms. The lowest BCUT2D eigenvalue weighted by Crippen LogP contribution is -2.01. The van der Waals surface area contributed by atoms with E-state index in [1.807, 2.05) is 6.92 Å². The van der Waals surface area contributed by atoms with Gasteiger partial charge in [0.1, 0.15) is 0 Å². The molecule has 0 aliphatic rings. The van der Waals surface area contributed by atoms with E-state index >= 15 is 0 Å². The summed E-state index contributed by atoms with van der Waals surface area (Å²) in [6.45, 7) is 1.96. The van der Waals surface area contributed by atoms with Crippen molar-refractivity contribution in [2.45, 2.75) is 11.9 Å². The van der Waals surface area contributed by atoms with Crippen LogP contribution in [0.3, 0.4) is 0 Å². The second-order valence-corrected chi connectivity index (χ2v) is 1.88. The molecule has 0 saturated carbocycles. The third-order valence-electron chi connectivity index (χ3n) is 0.372. The highest BCUT2D eigenvalue weighted by atomic mass is 27.0. The van der Waals surface area contributed by atoms with Crippen LogP contribution in [0.15, 0.2) is 0 Å². The van der Waals surface area contributed by atoms with Crippen LogP contribution in [0, 0.1) is 0 Å². The summed E-state index contributed by atoms with van der Waals surface area (Å²) >= 11 is 2.51. The first-order chi connectivity index (χ1) is 2.27. The highest BCUT2D eigenvalue weighted by Gasteiger charge is 1.78. The topological polar surface area (TPSA) is 9.23 Å². The van der Waals surface area contributed by atoms with E-state index in [2.05, 4.69) is 16.3 Å². The second kappa shape index (κ2) is 2.72. The summed E-state index contributed by atoms with van der Waals surface area (Å²) in [5.41, 5.74) is 0. The minimum atomic E-state index is 0.301. The molecule has 0 spiro atoms. The van der Waals surface area contributed by atoms with Gasteiger partial charge in [0.05, 0.1) is 0 Å². The van der Waals surface area contributed by atoms with E-state index in [0.717, 1.165) is 0 Å². The SMILES string of the molecule is CO[CH](C)[Al]. The van der Waals surface area contributed by atoms with E-state index in [1.54, 1.807) is 7.11 Å². The molecule has 1 nitrogen and oxygen atoms in total. The maximum Gasteiger partial charge on any atom is 0.170 e. The third-order valence-corrected chi connectivity index (χ3v) is 0.644. The molecule has 0 bridgehead atoms. The van der Waals surface area contributed by atoms with E-state index in [9.17, 15) is 0 Å². The van der Waals surface area contributed by atoms with Crippen molar-refractivity contribution in [3.8, 4) is 0 Å². The smallest absolute Gasteiger partial charge is 0.170 e. The van der Waals surface area contributed by atoms with Gasteiger partial charge in [0.15, 0.2) is 16.3 Å². The second-order valence-electron chi connectivity index (χ2n) is 0.941. The largest absolute Gasteiger partial charge is 0.399 e. The number of methoxy groups -OCH3 is 1. The lowest BCUT2D eigenvalue weighted by atomic mass is 10.9. The van der Waals surface area contributed by atoms with E-state index < -0.39 is 0 Å². The molecule has 0 fully saturated rings. The van der Waals surface area contributed by atoms with Crippen molar-refractivity contribution in [1.29, 1.82) is 0 Å². The van der Waals surface area contributed by atoms with Crippen LogP contribution in [-0.4, -0.2) is 28.4 Å². The van der Waals surface area contributed by atoms with E-state index in [-0.39, 0.29) is 0 Å². The molecule has 0 aromatic heterocycles. The van der Waals surface area contributed by atoms with Gasteiger partial charge in [-0.05, 0) is 4.97 Å². The van der Waals surface area contributed by atoms with E-state index in [4.69, 9.17) is 4.74 Å². The molecule has 0 N–H and O–H groups in total. The first-order valence-corrected chi connectivity index (χ1v) is 2.22. The fraction of sp³-hybridized carbons (Fsp3) is 1.00. The third kappa shape index (κ3) is 4.49. The molecular formula is C3H7AlO. The van der Waals surface area contributed by atoms with Crippen LogP contribution in [-0.2, 0) is 4.74 Å². The molecule has 0 aromatic rings. The Morgan fingerprint density at radius 3 is 2.00 bits per heavy atom. The summed E-state index contributed by atoms with van der Waals surface area (Å²) in [5.74, 6) is 0. The molecule has 0 saturated heterocycles. The summed E-state index contributed by atoms with van der Waals surface area (Å²) in [7, 11) is 1.68. The van der Waals surface area contributed by atoms with Crippen LogP contribution < -0.4 is 0 Å². The van der Waals surface area contributed by atoms with E-state index in [1.165, 1.54) is 0 Å². The summed E-state index contributed by atoms with van der Waals surface area (Å²) in [5, 5.41) is 0. The Bertz CT molecular complexity index is 20.9. The van der Waals surface area contributed by atoms with Crippen LogP contribution in [0.2, 0.25) is 0 Å². The van der Waals surface area contributed by atoms with Crippen LogP contribution >= 0.6 is 0 Å². The van der Waals surface area contributed by atoms with Gasteiger partial charge in [-0.25, -0.2) is 0 Å². The van der Waals surface area contributed by atoms with Gasteiger partial charge in [-0.15, -0.1) is 0 Å². The molecule has 0 aliphatic heterocycles. The van der Waals surface area contributed by atoms with Crippen molar-refractivity contribution < 1.29 is 4.74 Å². The lowest BCUT2D eigenvalue weighted by Gasteiger charge is -1.96. The van der Waals surface area contributed by atoms with Gasteiger partial charge in [-0.2, -0.15) is 0 Å². The van der Waals surface area contributed by atoms with Gasteiger partial charge in [0, 0.05) is 7.11 Å². The van der Waals surface area contributed by atoms with Crippen LogP contribution in [0.25, 0.3) is 0 Å². The number of hydrogen-bond donors (Lipinski definition) is 0. The molecule has 0 aromatic carbocycles. The van der Waals surface area contributed by atoms with Gasteiger partial charge in [-0.3, -0.25) is 0 Å². The Morgan fingerprint density at radius 1 is 1.80 bits per heavy atom. The molecule has 2 heteroatoms. The molecular weight excluding hydrogens is 79.0 g/mol. The number of ether oxygens (including phenoxy) is 1. The van der Waals surface area contributed by atoms with Crippen LogP contribution in [0.5, 0.6) is 0 Å². The fourth-order valence-electron chi connectivity index (χ4n) is 0. The Hall–Kier alpha value is 0.492. The lowest BCUT2D eigenvalue weighted by molar-refractivity contribution is 0.181. The number of rotatable bonds is 1. The van der Waals surface area contributed by atoms with Gasteiger partial charge < -0.3 is 4.74 Å². The summed E-state index contributed by atoms with van der Waals surface area (Å²) < 4.78 is 4.71. The van der Waals surface area contributed by atoms with Crippen molar-refractivity contribution in [2.75, 3.05) is 7.11 Å². The summed E-state index contributed by atoms with van der Waals surface area (Å²) in [4.78, 5) is 0.301. The molecule has 0 amide bonds. The first-order valence-electron chi connectivity index (χ1n) is 1.55. The summed E-state index contributed by atoms with van der Waals surface area (Å²) in [6, 6.07) is 0. The molecule has 2 radical (unpaired) electrons. The predicted octanol–water partition coefficient (Wildman–Crippen LogP) is 0.147. The molecule has 0 aliphatic carbocycles. The Labute approximate surface area is 40.7 Å². The highest BCUT2D eigenvalue weighted by Crippen LogP contribution is 1.71. The Kier molecular flexibility index (Phi) is 2.98. The van der Waals surface area contributed by atoms with Crippen molar-refractivity contribution in [3.05, 3.63) is 0 Å². The normalized spacial score (nSPS) is 14.8. The number of hydrogen-bond acceptors (Lipinski definition) is 1. The van der Waals surface area contributed by atoms with Crippen molar-refractivity contribution in [1.82, 2.24) is 0 Å². The van der Waals surface area contributed by atoms with Crippen LogP contribution in [0.4, 0.5) is 0 Å². The molecule has 28 valence electrons. The Balaban J connectivity index is 2.54. The zero-order chi connectivity index (χ0) is 4.28. The zero-order valence-corrected chi connectivity index (χ0v) is 4.72. The molecule has 0 rings (SSSR count). The van der Waals surface area contributed by atoms with Gasteiger partial charge in [0.2, 0.25) is 0 Å². The van der Waals surface area contributed by atoms with E-state index in [0.29, 0.717) is 4.97 Å². The fourth-order valence-corrected chi connectivity index (χ4v) is 0. The van der Waals surface area contributed by atoms with Crippen LogP contribution in [0.1, 0.15) is 6.92 Å². The molecule has 0 heterocycles. The maximum absolute atomic E-state index is 4.71. The average molecular weight is 86.1 g/mol. The standard InChI is InChI=1S/C3H7O.Al/c1-3-4-2;/h3H,1-2H3;. The Morgan fingerprint density at radius 2 is 2.00 bits per heavy atom. The predicted molar refractivity (Wildman–Crippen MR) is 22.2 cm³/mol. The minimum absolute atomic E-state index is 0.301. The monoisotopic (exact) mass is 86.0 g/mol. The van der Waals surface area contributed by atoms with Crippen molar-refractivity contribution in [2.24, 2.45) is 0 Å². The minimum Gasteiger partial charge on any atom is -0.399 e. The van der Waals surface area contributed by atoms with Gasteiger partial charge >= 0.3 is 0 Å².